The third-order valence-corrected chi connectivity index (χ3v) is 7.51. The lowest BCUT2D eigenvalue weighted by Gasteiger charge is -2.10. The molecule has 0 spiro atoms. The number of benzene rings is 6. The van der Waals surface area contributed by atoms with Crippen LogP contribution in [0.3, 0.4) is 0 Å². The van der Waals surface area contributed by atoms with Crippen molar-refractivity contribution >= 4 is 10.8 Å². The third kappa shape index (κ3) is 5.53. The smallest absolute Gasteiger partial charge is 0.139 e. The molecule has 0 N–H and O–H groups in total. The van der Waals surface area contributed by atoms with Gasteiger partial charge in [0.2, 0.25) is 0 Å². The van der Waals surface area contributed by atoms with Gasteiger partial charge < -0.3 is 0 Å². The SMILES string of the molecule is Cc1ccc(C#Cc2c(C)cc(-c3ccc4cc(-c5ccc(-c6ccc(C)cc6)cc5F)ccc4c3)cc2F)cc1. The Kier molecular flexibility index (Phi) is 6.96. The summed E-state index contributed by atoms with van der Waals surface area (Å²) < 4.78 is 30.4. The Morgan fingerprint density at radius 3 is 1.63 bits per heavy atom. The molecule has 0 unspecified atom stereocenters. The van der Waals surface area contributed by atoms with E-state index in [4.69, 9.17) is 0 Å². The zero-order valence-electron chi connectivity index (χ0n) is 23.2. The van der Waals surface area contributed by atoms with Crippen molar-refractivity contribution in [2.24, 2.45) is 0 Å². The van der Waals surface area contributed by atoms with Gasteiger partial charge in [0, 0.05) is 11.1 Å². The van der Waals surface area contributed by atoms with Crippen LogP contribution in [0.25, 0.3) is 44.2 Å². The van der Waals surface area contributed by atoms with E-state index in [1.54, 1.807) is 12.1 Å². The molecule has 0 nitrogen and oxygen atoms in total. The fourth-order valence-corrected chi connectivity index (χ4v) is 5.11. The van der Waals surface area contributed by atoms with Gasteiger partial charge in [-0.05, 0) is 107 Å². The molecule has 0 aliphatic carbocycles. The van der Waals surface area contributed by atoms with E-state index in [1.165, 1.54) is 5.56 Å². The number of aryl methyl sites for hydroxylation is 3. The van der Waals surface area contributed by atoms with Crippen LogP contribution in [-0.2, 0) is 0 Å². The van der Waals surface area contributed by atoms with Gasteiger partial charge >= 0.3 is 0 Å². The molecular weight excluding hydrogens is 506 g/mol. The second-order valence-electron chi connectivity index (χ2n) is 10.6. The van der Waals surface area contributed by atoms with Gasteiger partial charge in [0.15, 0.2) is 0 Å². The van der Waals surface area contributed by atoms with E-state index in [0.717, 1.165) is 55.3 Å². The summed E-state index contributed by atoms with van der Waals surface area (Å²) in [6, 6.07) is 36.8. The maximum absolute atomic E-state index is 15.2. The Labute approximate surface area is 239 Å². The van der Waals surface area contributed by atoms with Gasteiger partial charge in [-0.25, -0.2) is 8.78 Å². The lowest BCUT2D eigenvalue weighted by molar-refractivity contribution is 0.623. The van der Waals surface area contributed by atoms with Crippen molar-refractivity contribution in [3.05, 3.63) is 155 Å². The largest absolute Gasteiger partial charge is 0.206 e. The Morgan fingerprint density at radius 1 is 0.439 bits per heavy atom. The topological polar surface area (TPSA) is 0 Å². The van der Waals surface area contributed by atoms with Crippen molar-refractivity contribution in [1.82, 2.24) is 0 Å². The minimum atomic E-state index is -0.334. The molecule has 0 saturated carbocycles. The van der Waals surface area contributed by atoms with Crippen molar-refractivity contribution in [2.45, 2.75) is 20.8 Å². The first-order valence-electron chi connectivity index (χ1n) is 13.6. The lowest BCUT2D eigenvalue weighted by Crippen LogP contribution is -1.92. The van der Waals surface area contributed by atoms with Crippen molar-refractivity contribution in [2.75, 3.05) is 0 Å². The molecular formula is C39H28F2. The second kappa shape index (κ2) is 10.9. The third-order valence-electron chi connectivity index (χ3n) is 7.51. The van der Waals surface area contributed by atoms with Gasteiger partial charge in [-0.2, -0.15) is 0 Å². The standard InChI is InChI=1S/C39H28F2/c1-25-4-8-28(9-5-25)10-18-36-27(3)20-35(24-38(36)40)32-14-13-31-22-34(16-15-30(31)21-32)37-19-17-33(23-39(37)41)29-11-6-26(2)7-12-29/h4-9,11-17,19-24H,1-3H3. The fourth-order valence-electron chi connectivity index (χ4n) is 5.11. The van der Waals surface area contributed by atoms with Crippen molar-refractivity contribution in [1.29, 1.82) is 0 Å². The molecule has 0 atom stereocenters. The average molecular weight is 535 g/mol. The van der Waals surface area contributed by atoms with Crippen molar-refractivity contribution in [3.63, 3.8) is 0 Å². The molecule has 0 bridgehead atoms. The van der Waals surface area contributed by atoms with E-state index in [-0.39, 0.29) is 11.6 Å². The van der Waals surface area contributed by atoms with E-state index in [1.807, 2.05) is 124 Å². The molecule has 0 aliphatic heterocycles. The highest BCUT2D eigenvalue weighted by molar-refractivity contribution is 5.91. The molecule has 0 heterocycles. The predicted octanol–water partition coefficient (Wildman–Crippen LogP) is 10.4. The highest BCUT2D eigenvalue weighted by Gasteiger charge is 2.11. The Morgan fingerprint density at radius 2 is 0.976 bits per heavy atom. The van der Waals surface area contributed by atoms with Crippen LogP contribution in [0.15, 0.2) is 115 Å². The van der Waals surface area contributed by atoms with Crippen molar-refractivity contribution in [3.8, 4) is 45.2 Å². The van der Waals surface area contributed by atoms with Crippen molar-refractivity contribution < 1.29 is 8.78 Å². The number of hydrogen-bond acceptors (Lipinski definition) is 0. The summed E-state index contributed by atoms with van der Waals surface area (Å²) in [4.78, 5) is 0. The van der Waals surface area contributed by atoms with Crippen LogP contribution < -0.4 is 0 Å². The minimum absolute atomic E-state index is 0.254. The average Bonchev–Trinajstić information content (AvgIpc) is 2.97. The number of rotatable bonds is 3. The molecule has 6 rings (SSSR count). The number of halogens is 2. The summed E-state index contributed by atoms with van der Waals surface area (Å²) in [5, 5.41) is 2.00. The van der Waals surface area contributed by atoms with Crippen LogP contribution in [-0.4, -0.2) is 0 Å². The molecule has 0 saturated heterocycles. The molecule has 0 amide bonds. The molecule has 41 heavy (non-hydrogen) atoms. The summed E-state index contributed by atoms with van der Waals surface area (Å²) in [6.07, 6.45) is 0. The lowest BCUT2D eigenvalue weighted by atomic mass is 9.95. The van der Waals surface area contributed by atoms with Gasteiger partial charge in [0.25, 0.3) is 0 Å². The first-order valence-corrected chi connectivity index (χ1v) is 13.6. The van der Waals surface area contributed by atoms with E-state index in [0.29, 0.717) is 11.1 Å². The van der Waals surface area contributed by atoms with E-state index in [9.17, 15) is 0 Å². The van der Waals surface area contributed by atoms with Gasteiger partial charge in [-0.15, -0.1) is 0 Å². The Balaban J connectivity index is 1.28. The molecule has 6 aromatic rings. The summed E-state index contributed by atoms with van der Waals surface area (Å²) in [6.45, 7) is 5.95. The molecule has 198 valence electrons. The molecule has 0 aromatic heterocycles. The maximum Gasteiger partial charge on any atom is 0.139 e. The maximum atomic E-state index is 15.2. The summed E-state index contributed by atoms with van der Waals surface area (Å²) in [7, 11) is 0. The summed E-state index contributed by atoms with van der Waals surface area (Å²) in [5.41, 5.74) is 9.33. The van der Waals surface area contributed by atoms with Crippen LogP contribution >= 0.6 is 0 Å². The van der Waals surface area contributed by atoms with Crippen LogP contribution in [0, 0.1) is 44.2 Å². The van der Waals surface area contributed by atoms with Gasteiger partial charge in [-0.1, -0.05) is 95.8 Å². The molecule has 6 aromatic carbocycles. The number of fused-ring (bicyclic) bond motifs is 1. The quantitative estimate of drug-likeness (QED) is 0.198. The highest BCUT2D eigenvalue weighted by Crippen LogP contribution is 2.32. The highest BCUT2D eigenvalue weighted by atomic mass is 19.1. The fraction of sp³-hybridized carbons (Fsp3) is 0.0769. The van der Waals surface area contributed by atoms with Crippen LogP contribution in [0.4, 0.5) is 8.78 Å². The van der Waals surface area contributed by atoms with Gasteiger partial charge in [0.1, 0.15) is 11.6 Å². The summed E-state index contributed by atoms with van der Waals surface area (Å²) >= 11 is 0. The van der Waals surface area contributed by atoms with Gasteiger partial charge in [-0.3, -0.25) is 0 Å². The van der Waals surface area contributed by atoms with Crippen LogP contribution in [0.1, 0.15) is 27.8 Å². The zero-order chi connectivity index (χ0) is 28.5. The normalized spacial score (nSPS) is 10.9. The summed E-state index contributed by atoms with van der Waals surface area (Å²) in [5.74, 6) is 5.50. The van der Waals surface area contributed by atoms with Gasteiger partial charge in [0.05, 0.1) is 5.56 Å². The molecule has 2 heteroatoms. The number of hydrogen-bond donors (Lipinski definition) is 0. The Hall–Kier alpha value is -5.00. The van der Waals surface area contributed by atoms with E-state index < -0.39 is 0 Å². The first-order chi connectivity index (χ1) is 19.8. The Bertz CT molecular complexity index is 1950. The molecule has 0 radical (unpaired) electrons. The van der Waals surface area contributed by atoms with Crippen LogP contribution in [0.5, 0.6) is 0 Å². The van der Waals surface area contributed by atoms with E-state index >= 15 is 8.78 Å². The van der Waals surface area contributed by atoms with Crippen LogP contribution in [0.2, 0.25) is 0 Å². The second-order valence-corrected chi connectivity index (χ2v) is 10.6. The zero-order valence-corrected chi connectivity index (χ0v) is 23.2. The minimum Gasteiger partial charge on any atom is -0.206 e. The monoisotopic (exact) mass is 534 g/mol. The molecule has 0 aliphatic rings. The van der Waals surface area contributed by atoms with E-state index in [2.05, 4.69) is 11.8 Å². The first kappa shape index (κ1) is 26.2. The molecule has 0 fully saturated rings. The predicted molar refractivity (Wildman–Crippen MR) is 167 cm³/mol.